The van der Waals surface area contributed by atoms with Crippen LogP contribution in [-0.2, 0) is 4.74 Å². The van der Waals surface area contributed by atoms with Crippen LogP contribution in [0.3, 0.4) is 0 Å². The van der Waals surface area contributed by atoms with E-state index in [1.807, 2.05) is 6.08 Å². The molecule has 1 amide bonds. The fraction of sp³-hybridized carbons (Fsp3) is 0.870. The van der Waals surface area contributed by atoms with Gasteiger partial charge in [0.25, 0.3) is 0 Å². The van der Waals surface area contributed by atoms with Crippen molar-refractivity contribution < 1.29 is 19.7 Å². The largest absolute Gasteiger partial charge is 0.444 e. The summed E-state index contributed by atoms with van der Waals surface area (Å²) in [7, 11) is 0. The topological polar surface area (TPSA) is 78.8 Å². The first-order valence-electron chi connectivity index (χ1n) is 11.2. The normalized spacial score (nSPS) is 14.2. The molecular weight excluding hydrogens is 354 g/mol. The molecule has 5 nitrogen and oxygen atoms in total. The van der Waals surface area contributed by atoms with Gasteiger partial charge in [0.15, 0.2) is 0 Å². The molecule has 0 saturated heterocycles. The first-order valence-corrected chi connectivity index (χ1v) is 11.2. The minimum absolute atomic E-state index is 0.344. The summed E-state index contributed by atoms with van der Waals surface area (Å²) in [5, 5.41) is 22.0. The molecule has 0 aromatic heterocycles. The number of unbranched alkanes of at least 4 members (excludes halogenated alkanes) is 11. The molecule has 0 aliphatic carbocycles. The van der Waals surface area contributed by atoms with Crippen molar-refractivity contribution in [3.63, 3.8) is 0 Å². The molecule has 0 unspecified atom stereocenters. The van der Waals surface area contributed by atoms with Gasteiger partial charge in [-0.1, -0.05) is 83.3 Å². The van der Waals surface area contributed by atoms with Gasteiger partial charge in [-0.15, -0.1) is 0 Å². The Hall–Kier alpha value is -1.07. The van der Waals surface area contributed by atoms with Crippen molar-refractivity contribution in [3.8, 4) is 0 Å². The molecule has 0 rings (SSSR count). The van der Waals surface area contributed by atoms with Gasteiger partial charge in [-0.05, 0) is 33.6 Å². The lowest BCUT2D eigenvalue weighted by Crippen LogP contribution is -2.47. The van der Waals surface area contributed by atoms with Crippen LogP contribution in [0.1, 0.15) is 105 Å². The maximum absolute atomic E-state index is 11.7. The molecule has 0 fully saturated rings. The lowest BCUT2D eigenvalue weighted by Gasteiger charge is -2.24. The van der Waals surface area contributed by atoms with Gasteiger partial charge in [0.1, 0.15) is 5.60 Å². The quantitative estimate of drug-likeness (QED) is 0.237. The highest BCUT2D eigenvalue weighted by atomic mass is 16.6. The van der Waals surface area contributed by atoms with E-state index in [0.29, 0.717) is 0 Å². The van der Waals surface area contributed by atoms with Gasteiger partial charge in [-0.25, -0.2) is 4.79 Å². The third-order valence-corrected chi connectivity index (χ3v) is 4.62. The van der Waals surface area contributed by atoms with Gasteiger partial charge >= 0.3 is 6.09 Å². The number of alkyl carbamates (subject to hydrolysis) is 1. The highest BCUT2D eigenvalue weighted by molar-refractivity contribution is 5.68. The summed E-state index contributed by atoms with van der Waals surface area (Å²) in [5.74, 6) is 0. The SMILES string of the molecule is CCCCCCCCCCCCC/C=C/[C@H](O)[C@@H](CO)NC(=O)OC(C)(C)C. The number of nitrogens with one attached hydrogen (secondary N) is 1. The van der Waals surface area contributed by atoms with Crippen LogP contribution < -0.4 is 5.32 Å². The van der Waals surface area contributed by atoms with Crippen molar-refractivity contribution in [1.82, 2.24) is 5.32 Å². The fourth-order valence-electron chi connectivity index (χ4n) is 2.99. The van der Waals surface area contributed by atoms with E-state index in [1.54, 1.807) is 26.8 Å². The maximum atomic E-state index is 11.7. The van der Waals surface area contributed by atoms with E-state index in [0.717, 1.165) is 12.8 Å². The van der Waals surface area contributed by atoms with Gasteiger partial charge in [0.2, 0.25) is 0 Å². The molecule has 0 aliphatic heterocycles. The summed E-state index contributed by atoms with van der Waals surface area (Å²) in [6.07, 6.45) is 17.3. The number of amides is 1. The third-order valence-electron chi connectivity index (χ3n) is 4.62. The smallest absolute Gasteiger partial charge is 0.408 e. The number of ether oxygens (including phenoxy) is 1. The third kappa shape index (κ3) is 17.1. The van der Waals surface area contributed by atoms with E-state index < -0.39 is 23.8 Å². The van der Waals surface area contributed by atoms with Crippen LogP contribution in [0.5, 0.6) is 0 Å². The Labute approximate surface area is 172 Å². The minimum atomic E-state index is -0.926. The molecule has 0 saturated carbocycles. The first-order chi connectivity index (χ1) is 13.3. The van der Waals surface area contributed by atoms with Crippen LogP contribution >= 0.6 is 0 Å². The maximum Gasteiger partial charge on any atom is 0.408 e. The summed E-state index contributed by atoms with van der Waals surface area (Å²) in [6, 6.07) is -0.761. The van der Waals surface area contributed by atoms with E-state index in [1.165, 1.54) is 64.2 Å². The van der Waals surface area contributed by atoms with E-state index >= 15 is 0 Å². The predicted octanol–water partition coefficient (Wildman–Crippen LogP) is 5.49. The van der Waals surface area contributed by atoms with Crippen LogP contribution in [-0.4, -0.2) is 40.7 Å². The van der Waals surface area contributed by atoms with Crippen molar-refractivity contribution in [2.75, 3.05) is 6.61 Å². The second-order valence-corrected chi connectivity index (χ2v) is 8.68. The number of hydrogen-bond donors (Lipinski definition) is 3. The molecule has 28 heavy (non-hydrogen) atoms. The number of carbonyl (C=O) groups excluding carboxylic acids is 1. The van der Waals surface area contributed by atoms with Gasteiger partial charge in [-0.3, -0.25) is 0 Å². The molecule has 0 aliphatic rings. The number of aliphatic hydroxyl groups is 2. The molecular formula is C23H45NO4. The standard InChI is InChI=1S/C23H45NO4/c1-5-6-7-8-9-10-11-12-13-14-15-16-17-18-21(26)20(19-25)24-22(27)28-23(2,3)4/h17-18,20-21,25-26H,5-16,19H2,1-4H3,(H,24,27)/b18-17+/t20-,21+/m1/s1. The van der Waals surface area contributed by atoms with Crippen LogP contribution in [0.2, 0.25) is 0 Å². The van der Waals surface area contributed by atoms with Crippen molar-refractivity contribution >= 4 is 6.09 Å². The lowest BCUT2D eigenvalue weighted by atomic mass is 10.0. The van der Waals surface area contributed by atoms with Crippen LogP contribution in [0.4, 0.5) is 4.79 Å². The number of hydrogen-bond acceptors (Lipinski definition) is 4. The Morgan fingerprint density at radius 2 is 1.46 bits per heavy atom. The Kier molecular flexibility index (Phi) is 16.2. The predicted molar refractivity (Wildman–Crippen MR) is 116 cm³/mol. The Bertz CT molecular complexity index is 404. The van der Waals surface area contributed by atoms with Crippen molar-refractivity contribution in [3.05, 3.63) is 12.2 Å². The number of carbonyl (C=O) groups is 1. The number of allylic oxidation sites excluding steroid dienone is 1. The summed E-state index contributed by atoms with van der Waals surface area (Å²) in [6.45, 7) is 7.21. The van der Waals surface area contributed by atoms with Gasteiger partial charge < -0.3 is 20.3 Å². The lowest BCUT2D eigenvalue weighted by molar-refractivity contribution is 0.0405. The molecule has 0 spiro atoms. The van der Waals surface area contributed by atoms with E-state index in [4.69, 9.17) is 4.74 Å². The molecule has 0 radical (unpaired) electrons. The summed E-state index contributed by atoms with van der Waals surface area (Å²) < 4.78 is 5.15. The van der Waals surface area contributed by atoms with Crippen molar-refractivity contribution in [2.24, 2.45) is 0 Å². The monoisotopic (exact) mass is 399 g/mol. The van der Waals surface area contributed by atoms with E-state index in [9.17, 15) is 15.0 Å². The zero-order valence-electron chi connectivity index (χ0n) is 18.7. The van der Waals surface area contributed by atoms with E-state index in [2.05, 4.69) is 12.2 Å². The Morgan fingerprint density at radius 1 is 0.964 bits per heavy atom. The van der Waals surface area contributed by atoms with Gasteiger partial charge in [-0.2, -0.15) is 0 Å². The Balaban J connectivity index is 3.75. The molecule has 2 atom stereocenters. The zero-order valence-corrected chi connectivity index (χ0v) is 18.7. The van der Waals surface area contributed by atoms with Gasteiger partial charge in [0, 0.05) is 0 Å². The summed E-state index contributed by atoms with van der Waals surface area (Å²) in [5.41, 5.74) is -0.611. The summed E-state index contributed by atoms with van der Waals surface area (Å²) >= 11 is 0. The fourth-order valence-corrected chi connectivity index (χ4v) is 2.99. The number of aliphatic hydroxyl groups excluding tert-OH is 2. The van der Waals surface area contributed by atoms with Crippen molar-refractivity contribution in [2.45, 2.75) is 122 Å². The molecule has 166 valence electrons. The van der Waals surface area contributed by atoms with Gasteiger partial charge in [0.05, 0.1) is 18.8 Å². The molecule has 0 bridgehead atoms. The van der Waals surface area contributed by atoms with Crippen molar-refractivity contribution in [1.29, 1.82) is 0 Å². The highest BCUT2D eigenvalue weighted by Gasteiger charge is 2.22. The highest BCUT2D eigenvalue weighted by Crippen LogP contribution is 2.12. The molecule has 5 heteroatoms. The Morgan fingerprint density at radius 3 is 1.93 bits per heavy atom. The second-order valence-electron chi connectivity index (χ2n) is 8.68. The first kappa shape index (κ1) is 26.9. The zero-order chi connectivity index (χ0) is 21.3. The van der Waals surface area contributed by atoms with Crippen LogP contribution in [0.25, 0.3) is 0 Å². The van der Waals surface area contributed by atoms with Crippen LogP contribution in [0, 0.1) is 0 Å². The van der Waals surface area contributed by atoms with E-state index in [-0.39, 0.29) is 6.61 Å². The molecule has 0 aromatic carbocycles. The van der Waals surface area contributed by atoms with Crippen LogP contribution in [0.15, 0.2) is 12.2 Å². The molecule has 3 N–H and O–H groups in total. The number of rotatable bonds is 16. The average Bonchev–Trinajstić information content (AvgIpc) is 2.61. The molecule has 0 aromatic rings. The molecule has 0 heterocycles. The average molecular weight is 400 g/mol. The minimum Gasteiger partial charge on any atom is -0.444 e. The summed E-state index contributed by atoms with van der Waals surface area (Å²) in [4.78, 5) is 11.7. The second kappa shape index (κ2) is 16.8.